The number of carbonyl (C=O) groups is 1. The zero-order valence-corrected chi connectivity index (χ0v) is 15.5. The van der Waals surface area contributed by atoms with E-state index in [9.17, 15) is 13.9 Å². The molecule has 2 atom stereocenters. The Morgan fingerprint density at radius 3 is 2.88 bits per heavy atom. The molecule has 0 bridgehead atoms. The van der Waals surface area contributed by atoms with Gasteiger partial charge < -0.3 is 14.6 Å². The second-order valence-corrected chi connectivity index (χ2v) is 9.04. The third-order valence-corrected chi connectivity index (χ3v) is 6.84. The summed E-state index contributed by atoms with van der Waals surface area (Å²) in [7, 11) is -1.29. The second-order valence-electron chi connectivity index (χ2n) is 6.90. The number of nitrogens with one attached hydrogen (secondary N) is 1. The summed E-state index contributed by atoms with van der Waals surface area (Å²) >= 11 is 0. The van der Waals surface area contributed by atoms with Gasteiger partial charge in [0, 0.05) is 37.7 Å². The fourth-order valence-electron chi connectivity index (χ4n) is 3.24. The summed E-state index contributed by atoms with van der Waals surface area (Å²) < 4.78 is 32.6. The topological polar surface area (TPSA) is 108 Å². The first-order valence-corrected chi connectivity index (χ1v) is 10.4. The molecule has 2 heterocycles. The SMILES string of the molecule is COCCS(O)(O)N1CC[C@H](NC(=O)c2cc(C3CC3)on2)CC1C. The first-order chi connectivity index (χ1) is 11.9. The number of aromatic nitrogens is 1. The highest BCUT2D eigenvalue weighted by atomic mass is 32.3. The van der Waals surface area contributed by atoms with Crippen molar-refractivity contribution in [2.45, 2.75) is 50.6 Å². The zero-order chi connectivity index (χ0) is 18.0. The van der Waals surface area contributed by atoms with E-state index in [1.807, 2.05) is 6.92 Å². The molecule has 1 aromatic rings. The number of ether oxygens (including phenoxy) is 1. The number of hydrogen-bond donors (Lipinski definition) is 3. The second kappa shape index (κ2) is 7.63. The van der Waals surface area contributed by atoms with Crippen LogP contribution in [0.15, 0.2) is 10.6 Å². The summed E-state index contributed by atoms with van der Waals surface area (Å²) in [5.41, 5.74) is 0.321. The Morgan fingerprint density at radius 2 is 2.24 bits per heavy atom. The molecule has 2 fully saturated rings. The molecule has 1 aliphatic carbocycles. The van der Waals surface area contributed by atoms with Crippen molar-refractivity contribution in [2.75, 3.05) is 26.0 Å². The van der Waals surface area contributed by atoms with Crippen molar-refractivity contribution in [2.24, 2.45) is 0 Å². The molecule has 0 radical (unpaired) electrons. The summed E-state index contributed by atoms with van der Waals surface area (Å²) in [5.74, 6) is 1.19. The van der Waals surface area contributed by atoms with Crippen molar-refractivity contribution in [1.29, 1.82) is 0 Å². The third-order valence-electron chi connectivity index (χ3n) is 4.83. The Morgan fingerprint density at radius 1 is 1.48 bits per heavy atom. The predicted molar refractivity (Wildman–Crippen MR) is 94.7 cm³/mol. The van der Waals surface area contributed by atoms with Crippen LogP contribution in [0.5, 0.6) is 0 Å². The maximum atomic E-state index is 12.3. The predicted octanol–water partition coefficient (Wildman–Crippen LogP) is 2.45. The van der Waals surface area contributed by atoms with E-state index in [4.69, 9.17) is 9.26 Å². The van der Waals surface area contributed by atoms with E-state index >= 15 is 0 Å². The van der Waals surface area contributed by atoms with Crippen LogP contribution in [0.25, 0.3) is 0 Å². The Labute approximate surface area is 149 Å². The van der Waals surface area contributed by atoms with Crippen LogP contribution in [0, 0.1) is 0 Å². The molecule has 1 amide bonds. The van der Waals surface area contributed by atoms with E-state index in [-0.39, 0.29) is 23.7 Å². The molecule has 0 spiro atoms. The van der Waals surface area contributed by atoms with Crippen LogP contribution in [-0.4, -0.2) is 62.6 Å². The third kappa shape index (κ3) is 4.53. The smallest absolute Gasteiger partial charge is 0.273 e. The molecule has 2 aliphatic rings. The van der Waals surface area contributed by atoms with E-state index in [2.05, 4.69) is 10.5 Å². The number of piperidine rings is 1. The van der Waals surface area contributed by atoms with Gasteiger partial charge in [-0.2, -0.15) is 0 Å². The van der Waals surface area contributed by atoms with Crippen molar-refractivity contribution in [3.63, 3.8) is 0 Å². The molecule has 25 heavy (non-hydrogen) atoms. The number of nitrogens with zero attached hydrogens (tertiary/aromatic N) is 2. The van der Waals surface area contributed by atoms with Gasteiger partial charge in [0.1, 0.15) is 5.76 Å². The average molecular weight is 373 g/mol. The minimum absolute atomic E-state index is 0.0162. The maximum absolute atomic E-state index is 12.3. The molecule has 3 rings (SSSR count). The fraction of sp³-hybridized carbons (Fsp3) is 0.750. The zero-order valence-electron chi connectivity index (χ0n) is 14.7. The highest BCUT2D eigenvalue weighted by molar-refractivity contribution is 8.22. The van der Waals surface area contributed by atoms with Gasteiger partial charge in [-0.15, -0.1) is 10.8 Å². The molecule has 1 saturated heterocycles. The van der Waals surface area contributed by atoms with Gasteiger partial charge in [0.2, 0.25) is 0 Å². The summed E-state index contributed by atoms with van der Waals surface area (Å²) in [6.07, 6.45) is 3.51. The molecule has 1 aromatic heterocycles. The van der Waals surface area contributed by atoms with Crippen LogP contribution in [0.2, 0.25) is 0 Å². The van der Waals surface area contributed by atoms with Crippen molar-refractivity contribution in [3.05, 3.63) is 17.5 Å². The van der Waals surface area contributed by atoms with Crippen LogP contribution >= 0.6 is 10.8 Å². The number of carbonyl (C=O) groups excluding carboxylic acids is 1. The summed E-state index contributed by atoms with van der Waals surface area (Å²) in [6, 6.07) is 1.67. The Bertz CT molecular complexity index is 604. The minimum atomic E-state index is -2.83. The van der Waals surface area contributed by atoms with Crippen LogP contribution < -0.4 is 5.32 Å². The largest absolute Gasteiger partial charge is 0.383 e. The lowest BCUT2D eigenvalue weighted by Crippen LogP contribution is -2.50. The molecule has 9 heteroatoms. The molecule has 142 valence electrons. The monoisotopic (exact) mass is 373 g/mol. The maximum Gasteiger partial charge on any atom is 0.273 e. The number of methoxy groups -OCH3 is 1. The highest BCUT2D eigenvalue weighted by Crippen LogP contribution is 2.46. The standard InChI is InChI=1S/C16H27N3O5S/c1-11-9-13(5-6-19(11)25(21,22)8-7-23-2)17-16(20)14-10-15(24-18-14)12-3-4-12/h10-13,21-22H,3-9H2,1-2H3,(H,17,20)/t11?,13-/m0/s1. The summed E-state index contributed by atoms with van der Waals surface area (Å²) in [4.78, 5) is 12.3. The summed E-state index contributed by atoms with van der Waals surface area (Å²) in [6.45, 7) is 2.77. The van der Waals surface area contributed by atoms with Gasteiger partial charge in [0.15, 0.2) is 5.69 Å². The first kappa shape index (κ1) is 18.7. The van der Waals surface area contributed by atoms with E-state index in [1.165, 1.54) is 0 Å². The highest BCUT2D eigenvalue weighted by Gasteiger charge is 2.34. The van der Waals surface area contributed by atoms with Gasteiger partial charge in [-0.1, -0.05) is 5.16 Å². The quantitative estimate of drug-likeness (QED) is 0.673. The Hall–Kier alpha value is -1.13. The van der Waals surface area contributed by atoms with Gasteiger partial charge in [-0.05, 0) is 32.6 Å². The van der Waals surface area contributed by atoms with Gasteiger partial charge in [-0.3, -0.25) is 13.9 Å². The lowest BCUT2D eigenvalue weighted by molar-refractivity contribution is 0.0902. The Kier molecular flexibility index (Phi) is 5.69. The van der Waals surface area contributed by atoms with Crippen LogP contribution in [0.4, 0.5) is 0 Å². The summed E-state index contributed by atoms with van der Waals surface area (Å²) in [5, 5.41) is 6.85. The molecule has 1 unspecified atom stereocenters. The van der Waals surface area contributed by atoms with E-state index in [1.54, 1.807) is 17.5 Å². The molecular formula is C16H27N3O5S. The van der Waals surface area contributed by atoms with Gasteiger partial charge in [-0.25, -0.2) is 4.31 Å². The average Bonchev–Trinajstić information content (AvgIpc) is 3.29. The van der Waals surface area contributed by atoms with Crippen molar-refractivity contribution in [1.82, 2.24) is 14.8 Å². The lowest BCUT2D eigenvalue weighted by Gasteiger charge is -2.49. The lowest BCUT2D eigenvalue weighted by atomic mass is 10.0. The van der Waals surface area contributed by atoms with Crippen molar-refractivity contribution >= 4 is 16.7 Å². The molecule has 3 N–H and O–H groups in total. The fourth-order valence-corrected chi connectivity index (χ4v) is 4.93. The first-order valence-electron chi connectivity index (χ1n) is 8.70. The van der Waals surface area contributed by atoms with Gasteiger partial charge >= 0.3 is 0 Å². The van der Waals surface area contributed by atoms with Crippen LogP contribution in [0.1, 0.15) is 54.8 Å². The molecule has 8 nitrogen and oxygen atoms in total. The molecular weight excluding hydrogens is 346 g/mol. The van der Waals surface area contributed by atoms with E-state index in [0.717, 1.165) is 18.6 Å². The number of amides is 1. The van der Waals surface area contributed by atoms with Crippen LogP contribution in [-0.2, 0) is 4.74 Å². The van der Waals surface area contributed by atoms with Crippen molar-refractivity contribution in [3.8, 4) is 0 Å². The van der Waals surface area contributed by atoms with Gasteiger partial charge in [0.25, 0.3) is 5.91 Å². The van der Waals surface area contributed by atoms with Crippen molar-refractivity contribution < 1.29 is 23.2 Å². The molecule has 1 saturated carbocycles. The number of hydrogen-bond acceptors (Lipinski definition) is 7. The normalized spacial score (nSPS) is 25.8. The minimum Gasteiger partial charge on any atom is -0.383 e. The van der Waals surface area contributed by atoms with E-state index < -0.39 is 10.8 Å². The van der Waals surface area contributed by atoms with E-state index in [0.29, 0.717) is 37.6 Å². The Balaban J connectivity index is 1.52. The number of rotatable bonds is 7. The van der Waals surface area contributed by atoms with Gasteiger partial charge in [0.05, 0.1) is 12.4 Å². The molecule has 1 aliphatic heterocycles. The molecule has 0 aromatic carbocycles. The van der Waals surface area contributed by atoms with Crippen LogP contribution in [0.3, 0.4) is 0 Å².